The minimum atomic E-state index is -0.691. The molecule has 1 aliphatic rings. The molecule has 1 aromatic heterocycles. The van der Waals surface area contributed by atoms with Gasteiger partial charge in [0.05, 0.1) is 21.7 Å². The fourth-order valence-electron chi connectivity index (χ4n) is 4.07. The SMILES string of the molecule is N#CC1=C(N)Oc2c(ccc3[nH]c4ccccc4c23)C1c1ccccc1[N+](=O)[O-]. The molecule has 3 aromatic carbocycles. The zero-order valence-corrected chi connectivity index (χ0v) is 15.0. The number of aromatic amines is 1. The third kappa shape index (κ3) is 2.36. The summed E-state index contributed by atoms with van der Waals surface area (Å²) in [6.07, 6.45) is 0. The molecule has 0 fully saturated rings. The molecular formula is C22H14N4O3. The Morgan fingerprint density at radius 2 is 1.79 bits per heavy atom. The zero-order chi connectivity index (χ0) is 20.1. The molecule has 2 heterocycles. The Morgan fingerprint density at radius 1 is 1.03 bits per heavy atom. The van der Waals surface area contributed by atoms with Gasteiger partial charge in [-0.15, -0.1) is 0 Å². The summed E-state index contributed by atoms with van der Waals surface area (Å²) < 4.78 is 5.91. The Labute approximate surface area is 164 Å². The van der Waals surface area contributed by atoms with Crippen molar-refractivity contribution in [1.29, 1.82) is 5.26 Å². The van der Waals surface area contributed by atoms with Gasteiger partial charge in [-0.3, -0.25) is 10.1 Å². The van der Waals surface area contributed by atoms with Crippen molar-refractivity contribution in [3.8, 4) is 11.8 Å². The average Bonchev–Trinajstić information content (AvgIpc) is 3.11. The van der Waals surface area contributed by atoms with Gasteiger partial charge in [0.2, 0.25) is 5.88 Å². The van der Waals surface area contributed by atoms with Crippen molar-refractivity contribution in [3.63, 3.8) is 0 Å². The van der Waals surface area contributed by atoms with Gasteiger partial charge in [0.25, 0.3) is 5.69 Å². The van der Waals surface area contributed by atoms with Crippen molar-refractivity contribution in [2.24, 2.45) is 5.73 Å². The molecule has 0 amide bonds. The first kappa shape index (κ1) is 16.8. The minimum Gasteiger partial charge on any atom is -0.439 e. The van der Waals surface area contributed by atoms with Gasteiger partial charge in [-0.05, 0) is 12.1 Å². The van der Waals surface area contributed by atoms with E-state index in [0.29, 0.717) is 16.9 Å². The van der Waals surface area contributed by atoms with Crippen LogP contribution in [0.4, 0.5) is 5.69 Å². The normalized spacial score (nSPS) is 15.8. The zero-order valence-electron chi connectivity index (χ0n) is 15.0. The molecule has 0 bridgehead atoms. The summed E-state index contributed by atoms with van der Waals surface area (Å²) in [6, 6.07) is 20.0. The fraction of sp³-hybridized carbons (Fsp3) is 0.0455. The van der Waals surface area contributed by atoms with Gasteiger partial charge in [-0.1, -0.05) is 42.5 Å². The van der Waals surface area contributed by atoms with E-state index >= 15 is 0 Å². The molecule has 7 nitrogen and oxygen atoms in total. The highest BCUT2D eigenvalue weighted by molar-refractivity contribution is 6.11. The van der Waals surface area contributed by atoms with Crippen molar-refractivity contribution >= 4 is 27.5 Å². The van der Waals surface area contributed by atoms with Crippen LogP contribution in [0.3, 0.4) is 0 Å². The number of nitriles is 1. The van der Waals surface area contributed by atoms with Crippen LogP contribution >= 0.6 is 0 Å². The highest BCUT2D eigenvalue weighted by atomic mass is 16.6. The van der Waals surface area contributed by atoms with Crippen LogP contribution in [0, 0.1) is 21.4 Å². The second-order valence-electron chi connectivity index (χ2n) is 6.82. The first-order valence-electron chi connectivity index (χ1n) is 8.94. The third-order valence-corrected chi connectivity index (χ3v) is 5.30. The molecular weight excluding hydrogens is 368 g/mol. The second kappa shape index (κ2) is 6.11. The topological polar surface area (TPSA) is 118 Å². The summed E-state index contributed by atoms with van der Waals surface area (Å²) in [5.74, 6) is -0.219. The van der Waals surface area contributed by atoms with Crippen molar-refractivity contribution in [2.45, 2.75) is 5.92 Å². The van der Waals surface area contributed by atoms with Crippen LogP contribution in [0.1, 0.15) is 17.0 Å². The molecule has 0 radical (unpaired) electrons. The number of aromatic nitrogens is 1. The van der Waals surface area contributed by atoms with Crippen LogP contribution in [-0.2, 0) is 0 Å². The number of ether oxygens (including phenoxy) is 1. The number of nitrogens with two attached hydrogens (primary N) is 1. The molecule has 3 N–H and O–H groups in total. The van der Waals surface area contributed by atoms with Gasteiger partial charge in [-0.2, -0.15) is 5.26 Å². The molecule has 0 aliphatic carbocycles. The monoisotopic (exact) mass is 382 g/mol. The number of benzene rings is 3. The highest BCUT2D eigenvalue weighted by Crippen LogP contribution is 2.48. The van der Waals surface area contributed by atoms with E-state index in [2.05, 4.69) is 11.1 Å². The Morgan fingerprint density at radius 3 is 2.59 bits per heavy atom. The number of nitro groups is 1. The van der Waals surface area contributed by atoms with Crippen LogP contribution in [0.25, 0.3) is 21.8 Å². The molecule has 0 saturated carbocycles. The molecule has 5 rings (SSSR count). The number of nitro benzene ring substituents is 1. The summed E-state index contributed by atoms with van der Waals surface area (Å²) in [5, 5.41) is 23.2. The Bertz CT molecular complexity index is 1390. The first-order chi connectivity index (χ1) is 14.1. The Balaban J connectivity index is 1.87. The quantitative estimate of drug-likeness (QED) is 0.392. The van der Waals surface area contributed by atoms with Gasteiger partial charge in [0.15, 0.2) is 0 Å². The van der Waals surface area contributed by atoms with E-state index in [1.165, 1.54) is 6.07 Å². The van der Waals surface area contributed by atoms with Crippen LogP contribution in [0.15, 0.2) is 72.1 Å². The van der Waals surface area contributed by atoms with Gasteiger partial charge < -0.3 is 15.5 Å². The number of fused-ring (bicyclic) bond motifs is 5. The smallest absolute Gasteiger partial charge is 0.273 e. The van der Waals surface area contributed by atoms with E-state index in [1.54, 1.807) is 18.2 Å². The van der Waals surface area contributed by atoms with Gasteiger partial charge >= 0.3 is 0 Å². The van der Waals surface area contributed by atoms with E-state index < -0.39 is 10.8 Å². The van der Waals surface area contributed by atoms with Crippen LogP contribution in [-0.4, -0.2) is 9.91 Å². The molecule has 1 aliphatic heterocycles. The molecule has 0 saturated heterocycles. The van der Waals surface area contributed by atoms with E-state index in [1.807, 2.05) is 36.4 Å². The van der Waals surface area contributed by atoms with Crippen molar-refractivity contribution < 1.29 is 9.66 Å². The molecule has 1 unspecified atom stereocenters. The molecule has 1 atom stereocenters. The predicted molar refractivity (Wildman–Crippen MR) is 108 cm³/mol. The lowest BCUT2D eigenvalue weighted by Crippen LogP contribution is -2.21. The number of nitrogens with zero attached hydrogens (tertiary/aromatic N) is 2. The van der Waals surface area contributed by atoms with Crippen molar-refractivity contribution in [1.82, 2.24) is 4.98 Å². The predicted octanol–water partition coefficient (Wildman–Crippen LogP) is 4.45. The maximum absolute atomic E-state index is 11.6. The highest BCUT2D eigenvalue weighted by Gasteiger charge is 2.35. The largest absolute Gasteiger partial charge is 0.439 e. The summed E-state index contributed by atoms with van der Waals surface area (Å²) in [4.78, 5) is 14.5. The average molecular weight is 382 g/mol. The van der Waals surface area contributed by atoms with E-state index in [0.717, 1.165) is 21.8 Å². The summed E-state index contributed by atoms with van der Waals surface area (Å²) >= 11 is 0. The molecule has 4 aromatic rings. The van der Waals surface area contributed by atoms with Gasteiger partial charge in [0.1, 0.15) is 17.4 Å². The minimum absolute atomic E-state index is 0.0408. The Hall–Kier alpha value is -4.31. The number of hydrogen-bond acceptors (Lipinski definition) is 5. The third-order valence-electron chi connectivity index (χ3n) is 5.30. The molecule has 7 heteroatoms. The van der Waals surface area contributed by atoms with E-state index in [9.17, 15) is 15.4 Å². The van der Waals surface area contributed by atoms with Gasteiger partial charge in [0, 0.05) is 28.1 Å². The molecule has 29 heavy (non-hydrogen) atoms. The molecule has 140 valence electrons. The first-order valence-corrected chi connectivity index (χ1v) is 8.94. The van der Waals surface area contributed by atoms with Crippen LogP contribution < -0.4 is 10.5 Å². The lowest BCUT2D eigenvalue weighted by molar-refractivity contribution is -0.385. The number of H-pyrrole nitrogens is 1. The number of hydrogen-bond donors (Lipinski definition) is 2. The lowest BCUT2D eigenvalue weighted by Gasteiger charge is -2.26. The van der Waals surface area contributed by atoms with E-state index in [-0.39, 0.29) is 17.1 Å². The van der Waals surface area contributed by atoms with Gasteiger partial charge in [-0.25, -0.2) is 0 Å². The maximum Gasteiger partial charge on any atom is 0.273 e. The Kier molecular flexibility index (Phi) is 3.54. The maximum atomic E-state index is 11.6. The van der Waals surface area contributed by atoms with Crippen LogP contribution in [0.5, 0.6) is 5.75 Å². The summed E-state index contributed by atoms with van der Waals surface area (Å²) in [7, 11) is 0. The number of rotatable bonds is 2. The van der Waals surface area contributed by atoms with Crippen LogP contribution in [0.2, 0.25) is 0 Å². The van der Waals surface area contributed by atoms with Crippen molar-refractivity contribution in [2.75, 3.05) is 0 Å². The summed E-state index contributed by atoms with van der Waals surface area (Å²) in [6.45, 7) is 0. The number of para-hydroxylation sites is 2. The fourth-order valence-corrected chi connectivity index (χ4v) is 4.07. The second-order valence-corrected chi connectivity index (χ2v) is 6.82. The molecule has 0 spiro atoms. The standard InChI is InChI=1S/C22H14N4O3/c23-11-15-19(13-6-2-4-8-18(13)26(27)28)14-9-10-17-20(21(14)29-22(15)24)12-5-1-3-7-16(12)25-17/h1-10,19,25H,24H2. The van der Waals surface area contributed by atoms with Crippen molar-refractivity contribution in [3.05, 3.63) is 93.4 Å². The summed E-state index contributed by atoms with van der Waals surface area (Å²) in [5.41, 5.74) is 9.08. The number of nitrogens with one attached hydrogen (secondary N) is 1. The van der Waals surface area contributed by atoms with E-state index in [4.69, 9.17) is 10.5 Å². The number of allylic oxidation sites excluding steroid dienone is 1. The lowest BCUT2D eigenvalue weighted by atomic mass is 9.82.